The number of methoxy groups -OCH3 is 1. The number of hydrogen-bond donors (Lipinski definition) is 3. The van der Waals surface area contributed by atoms with E-state index in [-0.39, 0.29) is 18.8 Å². The normalized spacial score (nSPS) is 35.8. The average Bonchev–Trinajstić information content (AvgIpc) is 2.71. The molecule has 7 nitrogen and oxygen atoms in total. The van der Waals surface area contributed by atoms with Crippen molar-refractivity contribution in [3.63, 3.8) is 0 Å². The molecule has 0 spiro atoms. The minimum atomic E-state index is -4.15. The van der Waals surface area contributed by atoms with Crippen molar-refractivity contribution in [3.05, 3.63) is 0 Å². The highest BCUT2D eigenvalue weighted by Crippen LogP contribution is 2.52. The quantitative estimate of drug-likeness (QED) is 0.429. The summed E-state index contributed by atoms with van der Waals surface area (Å²) in [4.78, 5) is 9.90. The lowest BCUT2D eigenvalue weighted by Crippen LogP contribution is -2.39. The first-order chi connectivity index (χ1) is 10.1. The van der Waals surface area contributed by atoms with Crippen molar-refractivity contribution >= 4 is 15.4 Å². The lowest BCUT2D eigenvalue weighted by molar-refractivity contribution is -0.0416. The minimum absolute atomic E-state index is 0.124. The first-order valence-electron chi connectivity index (χ1n) is 7.67. The predicted molar refractivity (Wildman–Crippen MR) is 84.5 cm³/mol. The standard InChI is InChI=1S/C13H28BO7P/c1-5-9(15)22(17,18)21-13(3,6-2)7-8-10(16)11(19-4)12(14)20-8/h8-12,15-16H,5-7,14H2,1-4H3,(H,17,18)/t8-,9?,10-,11-,12-,13?/m1/s1. The Kier molecular flexibility index (Phi) is 7.08. The Hall–Kier alpha value is 0.0549. The van der Waals surface area contributed by atoms with Crippen LogP contribution in [0, 0.1) is 0 Å². The second kappa shape index (κ2) is 7.75. The zero-order valence-electron chi connectivity index (χ0n) is 13.9. The van der Waals surface area contributed by atoms with Crippen LogP contribution in [0.1, 0.15) is 40.0 Å². The summed E-state index contributed by atoms with van der Waals surface area (Å²) in [6.45, 7) is 5.10. The molecule has 22 heavy (non-hydrogen) atoms. The van der Waals surface area contributed by atoms with E-state index in [2.05, 4.69) is 0 Å². The fourth-order valence-corrected chi connectivity index (χ4v) is 4.12. The molecule has 0 aromatic heterocycles. The first-order valence-corrected chi connectivity index (χ1v) is 9.32. The molecule has 0 aliphatic carbocycles. The highest BCUT2D eigenvalue weighted by Gasteiger charge is 2.46. The number of rotatable bonds is 8. The Morgan fingerprint density at radius 2 is 2.05 bits per heavy atom. The van der Waals surface area contributed by atoms with Gasteiger partial charge in [0, 0.05) is 13.5 Å². The molecule has 0 aromatic rings. The molecule has 3 N–H and O–H groups in total. The van der Waals surface area contributed by atoms with Gasteiger partial charge in [0.1, 0.15) is 20.1 Å². The Labute approximate surface area is 132 Å². The van der Waals surface area contributed by atoms with E-state index in [0.29, 0.717) is 6.42 Å². The summed E-state index contributed by atoms with van der Waals surface area (Å²) < 4.78 is 28.4. The predicted octanol–water partition coefficient (Wildman–Crippen LogP) is 0.209. The fourth-order valence-electron chi connectivity index (χ4n) is 2.70. The smallest absolute Gasteiger partial charge is 0.356 e. The van der Waals surface area contributed by atoms with E-state index in [0.717, 1.165) is 0 Å². The molecule has 7 atom stereocenters. The molecule has 0 bridgehead atoms. The molecule has 3 unspecified atom stereocenters. The van der Waals surface area contributed by atoms with Crippen molar-refractivity contribution in [2.45, 2.75) is 75.8 Å². The molecule has 0 aromatic carbocycles. The van der Waals surface area contributed by atoms with Crippen molar-refractivity contribution in [2.24, 2.45) is 0 Å². The Bertz CT molecular complexity index is 410. The molecular formula is C13H28BO7P. The van der Waals surface area contributed by atoms with Gasteiger partial charge in [0.05, 0.1) is 17.7 Å². The van der Waals surface area contributed by atoms with E-state index in [9.17, 15) is 19.7 Å². The highest BCUT2D eigenvalue weighted by molar-refractivity contribution is 7.53. The van der Waals surface area contributed by atoms with Gasteiger partial charge in [0.15, 0.2) is 5.85 Å². The van der Waals surface area contributed by atoms with E-state index in [1.807, 2.05) is 6.92 Å². The highest BCUT2D eigenvalue weighted by atomic mass is 31.2. The Balaban J connectivity index is 2.81. The zero-order chi connectivity index (χ0) is 17.1. The maximum absolute atomic E-state index is 12.1. The van der Waals surface area contributed by atoms with Crippen LogP contribution in [0.15, 0.2) is 0 Å². The molecule has 0 radical (unpaired) electrons. The number of ether oxygens (including phenoxy) is 2. The van der Waals surface area contributed by atoms with Crippen LogP contribution in [0.25, 0.3) is 0 Å². The Morgan fingerprint density at radius 3 is 2.45 bits per heavy atom. The van der Waals surface area contributed by atoms with E-state index in [4.69, 9.17) is 14.0 Å². The van der Waals surface area contributed by atoms with Crippen LogP contribution < -0.4 is 0 Å². The van der Waals surface area contributed by atoms with Gasteiger partial charge in [-0.15, -0.1) is 0 Å². The van der Waals surface area contributed by atoms with Crippen molar-refractivity contribution in [2.75, 3.05) is 7.11 Å². The molecule has 130 valence electrons. The Morgan fingerprint density at radius 1 is 1.45 bits per heavy atom. The summed E-state index contributed by atoms with van der Waals surface area (Å²) in [6.07, 6.45) is -1.03. The van der Waals surface area contributed by atoms with Crippen molar-refractivity contribution in [1.82, 2.24) is 0 Å². The molecule has 1 saturated heterocycles. The average molecular weight is 338 g/mol. The van der Waals surface area contributed by atoms with Gasteiger partial charge in [-0.05, 0) is 19.8 Å². The van der Waals surface area contributed by atoms with Gasteiger partial charge in [-0.3, -0.25) is 4.57 Å². The molecule has 1 aliphatic heterocycles. The third-order valence-corrected chi connectivity index (χ3v) is 6.14. The van der Waals surface area contributed by atoms with Crippen molar-refractivity contribution in [3.8, 4) is 0 Å². The van der Waals surface area contributed by atoms with Gasteiger partial charge in [-0.25, -0.2) is 0 Å². The van der Waals surface area contributed by atoms with Crippen LogP contribution in [0.4, 0.5) is 0 Å². The first kappa shape index (κ1) is 20.1. The lowest BCUT2D eigenvalue weighted by atomic mass is 9.89. The monoisotopic (exact) mass is 338 g/mol. The third kappa shape index (κ3) is 4.54. The topological polar surface area (TPSA) is 105 Å². The molecule has 1 fully saturated rings. The molecule has 1 heterocycles. The second-order valence-electron chi connectivity index (χ2n) is 6.12. The van der Waals surface area contributed by atoms with E-state index >= 15 is 0 Å². The summed E-state index contributed by atoms with van der Waals surface area (Å²) in [5.41, 5.74) is -0.992. The van der Waals surface area contributed by atoms with Crippen LogP contribution in [0.5, 0.6) is 0 Å². The zero-order valence-corrected chi connectivity index (χ0v) is 14.8. The summed E-state index contributed by atoms with van der Waals surface area (Å²) >= 11 is 0. The van der Waals surface area contributed by atoms with E-state index in [1.54, 1.807) is 21.7 Å². The van der Waals surface area contributed by atoms with Gasteiger partial charge in [0.25, 0.3) is 0 Å². The lowest BCUT2D eigenvalue weighted by Gasteiger charge is -2.34. The summed E-state index contributed by atoms with van der Waals surface area (Å²) in [5.74, 6) is -1.42. The van der Waals surface area contributed by atoms with E-state index in [1.165, 1.54) is 7.11 Å². The van der Waals surface area contributed by atoms with Gasteiger partial charge in [-0.1, -0.05) is 13.8 Å². The largest absolute Gasteiger partial charge is 0.388 e. The third-order valence-electron chi connectivity index (χ3n) is 4.32. The second-order valence-corrected chi connectivity index (χ2v) is 8.03. The van der Waals surface area contributed by atoms with Crippen molar-refractivity contribution < 1.29 is 33.7 Å². The summed E-state index contributed by atoms with van der Waals surface area (Å²) in [7, 11) is -0.838. The molecule has 9 heteroatoms. The van der Waals surface area contributed by atoms with Crippen LogP contribution in [0.2, 0.25) is 0 Å². The van der Waals surface area contributed by atoms with Gasteiger partial charge >= 0.3 is 7.60 Å². The van der Waals surface area contributed by atoms with Crippen LogP contribution in [-0.4, -0.2) is 65.8 Å². The molecule has 1 aliphatic rings. The fraction of sp³-hybridized carbons (Fsp3) is 1.00. The molecule has 0 saturated carbocycles. The number of aliphatic hydroxyl groups excluding tert-OH is 2. The maximum Gasteiger partial charge on any atom is 0.356 e. The number of hydrogen-bond acceptors (Lipinski definition) is 6. The molecule has 1 rings (SSSR count). The van der Waals surface area contributed by atoms with Gasteiger partial charge in [0.2, 0.25) is 0 Å². The van der Waals surface area contributed by atoms with E-state index < -0.39 is 37.4 Å². The van der Waals surface area contributed by atoms with Crippen LogP contribution >= 0.6 is 7.60 Å². The van der Waals surface area contributed by atoms with Crippen LogP contribution in [0.3, 0.4) is 0 Å². The SMILES string of the molecule is B[C@@H]1O[C@H](CC(C)(CC)OP(=O)(O)C(O)CC)[C@@H](O)[C@H]1OC. The molecular weight excluding hydrogens is 310 g/mol. The van der Waals surface area contributed by atoms with Gasteiger partial charge < -0.3 is 29.1 Å². The molecule has 0 amide bonds. The maximum atomic E-state index is 12.1. The number of aliphatic hydroxyl groups is 2. The van der Waals surface area contributed by atoms with Gasteiger partial charge in [-0.2, -0.15) is 0 Å². The summed E-state index contributed by atoms with van der Waals surface area (Å²) in [5, 5.41) is 19.9. The van der Waals surface area contributed by atoms with Crippen molar-refractivity contribution in [1.29, 1.82) is 0 Å². The minimum Gasteiger partial charge on any atom is -0.388 e. The summed E-state index contributed by atoms with van der Waals surface area (Å²) in [6, 6.07) is -0.270. The van der Waals surface area contributed by atoms with Crippen LogP contribution in [-0.2, 0) is 18.6 Å².